The fourth-order valence-electron chi connectivity index (χ4n) is 0.911. The lowest BCUT2D eigenvalue weighted by atomic mass is 10.3. The SMILES string of the molecule is CC(S)C(=O)NCCc1cccs1. The average molecular weight is 215 g/mol. The molecule has 0 aliphatic rings. The summed E-state index contributed by atoms with van der Waals surface area (Å²) in [6.45, 7) is 2.47. The van der Waals surface area contributed by atoms with Gasteiger partial charge in [-0.1, -0.05) is 6.07 Å². The lowest BCUT2D eigenvalue weighted by Crippen LogP contribution is -2.31. The van der Waals surface area contributed by atoms with Crippen LogP contribution in [-0.2, 0) is 11.2 Å². The number of thiol groups is 1. The van der Waals surface area contributed by atoms with Gasteiger partial charge in [0, 0.05) is 11.4 Å². The van der Waals surface area contributed by atoms with Gasteiger partial charge in [-0.05, 0) is 24.8 Å². The van der Waals surface area contributed by atoms with E-state index >= 15 is 0 Å². The summed E-state index contributed by atoms with van der Waals surface area (Å²) in [5.74, 6) is -0.000102. The first-order chi connectivity index (χ1) is 6.20. The number of carbonyl (C=O) groups is 1. The smallest absolute Gasteiger partial charge is 0.232 e. The van der Waals surface area contributed by atoms with Gasteiger partial charge in [-0.25, -0.2) is 0 Å². The maximum atomic E-state index is 11.1. The van der Waals surface area contributed by atoms with Gasteiger partial charge in [-0.2, -0.15) is 12.6 Å². The number of amides is 1. The van der Waals surface area contributed by atoms with Crippen LogP contribution in [0.3, 0.4) is 0 Å². The van der Waals surface area contributed by atoms with Crippen molar-refractivity contribution >= 4 is 29.9 Å². The summed E-state index contributed by atoms with van der Waals surface area (Å²) >= 11 is 5.74. The van der Waals surface area contributed by atoms with Gasteiger partial charge in [0.25, 0.3) is 0 Å². The van der Waals surface area contributed by atoms with Gasteiger partial charge in [0.05, 0.1) is 5.25 Å². The number of hydrogen-bond acceptors (Lipinski definition) is 3. The molecule has 4 heteroatoms. The predicted molar refractivity (Wildman–Crippen MR) is 59.5 cm³/mol. The Bertz CT molecular complexity index is 257. The lowest BCUT2D eigenvalue weighted by molar-refractivity contribution is -0.120. The second-order valence-electron chi connectivity index (χ2n) is 2.80. The molecule has 1 N–H and O–H groups in total. The van der Waals surface area contributed by atoms with Crippen LogP contribution in [0, 0.1) is 0 Å². The molecular weight excluding hydrogens is 202 g/mol. The first-order valence-corrected chi connectivity index (χ1v) is 5.58. The Morgan fingerprint density at radius 2 is 2.54 bits per heavy atom. The maximum absolute atomic E-state index is 11.1. The standard InChI is InChI=1S/C9H13NOS2/c1-7(12)9(11)10-5-4-8-3-2-6-13-8/h2-3,6-7,12H,4-5H2,1H3,(H,10,11). The van der Waals surface area contributed by atoms with Crippen LogP contribution >= 0.6 is 24.0 Å². The highest BCUT2D eigenvalue weighted by atomic mass is 32.1. The van der Waals surface area contributed by atoms with E-state index in [1.54, 1.807) is 18.3 Å². The normalized spacial score (nSPS) is 12.5. The molecular formula is C9H13NOS2. The van der Waals surface area contributed by atoms with Crippen molar-refractivity contribution in [3.63, 3.8) is 0 Å². The third-order valence-electron chi connectivity index (χ3n) is 1.63. The van der Waals surface area contributed by atoms with Crippen molar-refractivity contribution in [1.29, 1.82) is 0 Å². The molecule has 1 aromatic rings. The molecule has 0 aromatic carbocycles. The Balaban J connectivity index is 2.18. The zero-order chi connectivity index (χ0) is 9.68. The van der Waals surface area contributed by atoms with Gasteiger partial charge in [0.1, 0.15) is 0 Å². The van der Waals surface area contributed by atoms with Gasteiger partial charge in [0.2, 0.25) is 5.91 Å². The van der Waals surface area contributed by atoms with Crippen LogP contribution in [-0.4, -0.2) is 17.7 Å². The molecule has 1 atom stereocenters. The summed E-state index contributed by atoms with van der Waals surface area (Å²) in [6.07, 6.45) is 0.907. The Morgan fingerprint density at radius 3 is 3.08 bits per heavy atom. The van der Waals surface area contributed by atoms with E-state index < -0.39 is 0 Å². The number of thiophene rings is 1. The molecule has 1 unspecified atom stereocenters. The van der Waals surface area contributed by atoms with Crippen molar-refractivity contribution in [2.75, 3.05) is 6.54 Å². The van der Waals surface area contributed by atoms with Gasteiger partial charge in [-0.15, -0.1) is 11.3 Å². The summed E-state index contributed by atoms with van der Waals surface area (Å²) in [7, 11) is 0. The van der Waals surface area contributed by atoms with Crippen LogP contribution < -0.4 is 5.32 Å². The Kier molecular flexibility index (Phi) is 4.32. The first kappa shape index (κ1) is 10.6. The number of nitrogens with one attached hydrogen (secondary N) is 1. The predicted octanol–water partition coefficient (Wildman–Crippen LogP) is 1.73. The molecule has 72 valence electrons. The third-order valence-corrected chi connectivity index (χ3v) is 2.80. The number of hydrogen-bond donors (Lipinski definition) is 2. The van der Waals surface area contributed by atoms with Crippen LogP contribution in [0.4, 0.5) is 0 Å². The van der Waals surface area contributed by atoms with Gasteiger partial charge >= 0.3 is 0 Å². The second kappa shape index (κ2) is 5.29. The molecule has 0 radical (unpaired) electrons. The Hall–Kier alpha value is -0.480. The van der Waals surface area contributed by atoms with E-state index in [0.29, 0.717) is 6.54 Å². The molecule has 0 saturated carbocycles. The molecule has 0 aliphatic carbocycles. The molecule has 0 fully saturated rings. The van der Waals surface area contributed by atoms with Crippen LogP contribution in [0.2, 0.25) is 0 Å². The fraction of sp³-hybridized carbons (Fsp3) is 0.444. The quantitative estimate of drug-likeness (QED) is 0.736. The van der Waals surface area contributed by atoms with Gasteiger partial charge in [0.15, 0.2) is 0 Å². The van der Waals surface area contributed by atoms with Crippen molar-refractivity contribution in [1.82, 2.24) is 5.32 Å². The van der Waals surface area contributed by atoms with E-state index in [9.17, 15) is 4.79 Å². The first-order valence-electron chi connectivity index (χ1n) is 4.18. The Labute approximate surface area is 87.8 Å². The van der Waals surface area contributed by atoms with E-state index in [2.05, 4.69) is 24.0 Å². The summed E-state index contributed by atoms with van der Waals surface area (Å²) in [4.78, 5) is 12.4. The Morgan fingerprint density at radius 1 is 1.77 bits per heavy atom. The highest BCUT2D eigenvalue weighted by Gasteiger charge is 2.05. The minimum absolute atomic E-state index is 0.000102. The van der Waals surface area contributed by atoms with Crippen LogP contribution in [0.15, 0.2) is 17.5 Å². The fourth-order valence-corrected chi connectivity index (χ4v) is 1.71. The lowest BCUT2D eigenvalue weighted by Gasteiger charge is -2.05. The van der Waals surface area contributed by atoms with E-state index in [1.165, 1.54) is 4.88 Å². The summed E-state index contributed by atoms with van der Waals surface area (Å²) < 4.78 is 0. The highest BCUT2D eigenvalue weighted by Crippen LogP contribution is 2.08. The maximum Gasteiger partial charge on any atom is 0.232 e. The van der Waals surface area contributed by atoms with Gasteiger partial charge < -0.3 is 5.32 Å². The molecule has 2 nitrogen and oxygen atoms in total. The third kappa shape index (κ3) is 3.83. The molecule has 0 spiro atoms. The minimum atomic E-state index is -0.219. The monoisotopic (exact) mass is 215 g/mol. The molecule has 1 aromatic heterocycles. The number of carbonyl (C=O) groups excluding carboxylic acids is 1. The molecule has 1 rings (SSSR count). The average Bonchev–Trinajstić information content (AvgIpc) is 2.56. The van der Waals surface area contributed by atoms with Crippen molar-refractivity contribution < 1.29 is 4.79 Å². The van der Waals surface area contributed by atoms with Gasteiger partial charge in [-0.3, -0.25) is 4.79 Å². The second-order valence-corrected chi connectivity index (χ2v) is 4.60. The molecule has 0 bridgehead atoms. The van der Waals surface area contributed by atoms with E-state index in [0.717, 1.165) is 6.42 Å². The number of rotatable bonds is 4. The van der Waals surface area contributed by atoms with Crippen molar-refractivity contribution in [3.8, 4) is 0 Å². The highest BCUT2D eigenvalue weighted by molar-refractivity contribution is 7.81. The molecule has 0 saturated heterocycles. The van der Waals surface area contributed by atoms with E-state index in [-0.39, 0.29) is 11.2 Å². The molecule has 1 heterocycles. The topological polar surface area (TPSA) is 29.1 Å². The summed E-state index contributed by atoms with van der Waals surface area (Å²) in [5, 5.41) is 4.63. The molecule has 13 heavy (non-hydrogen) atoms. The van der Waals surface area contributed by atoms with Crippen molar-refractivity contribution in [3.05, 3.63) is 22.4 Å². The van der Waals surface area contributed by atoms with Crippen molar-refractivity contribution in [2.24, 2.45) is 0 Å². The largest absolute Gasteiger partial charge is 0.355 e. The summed E-state index contributed by atoms with van der Waals surface area (Å²) in [6, 6.07) is 4.09. The van der Waals surface area contributed by atoms with Crippen molar-refractivity contribution in [2.45, 2.75) is 18.6 Å². The molecule has 0 aliphatic heterocycles. The minimum Gasteiger partial charge on any atom is -0.355 e. The zero-order valence-electron chi connectivity index (χ0n) is 7.49. The van der Waals surface area contributed by atoms with Crippen LogP contribution in [0.5, 0.6) is 0 Å². The zero-order valence-corrected chi connectivity index (χ0v) is 9.20. The summed E-state index contributed by atoms with van der Waals surface area (Å²) in [5.41, 5.74) is 0. The van der Waals surface area contributed by atoms with E-state index in [4.69, 9.17) is 0 Å². The van der Waals surface area contributed by atoms with E-state index in [1.807, 2.05) is 11.4 Å². The van der Waals surface area contributed by atoms with Crippen LogP contribution in [0.1, 0.15) is 11.8 Å². The van der Waals surface area contributed by atoms with Crippen LogP contribution in [0.25, 0.3) is 0 Å². The molecule has 1 amide bonds.